The summed E-state index contributed by atoms with van der Waals surface area (Å²) in [5.74, 6) is 0.602. The van der Waals surface area contributed by atoms with Gasteiger partial charge in [0.15, 0.2) is 5.69 Å². The summed E-state index contributed by atoms with van der Waals surface area (Å²) in [6.45, 7) is 16.6. The predicted octanol–water partition coefficient (Wildman–Crippen LogP) is 4.56. The number of urea groups is 1. The van der Waals surface area contributed by atoms with Gasteiger partial charge < -0.3 is 10.1 Å². The Hall–Kier alpha value is -3.40. The van der Waals surface area contributed by atoms with E-state index >= 15 is 0 Å². The van der Waals surface area contributed by atoms with Gasteiger partial charge in [0.05, 0.1) is 18.5 Å². The number of amides is 3. The zero-order chi connectivity index (χ0) is 20.7. The first kappa shape index (κ1) is 19.4. The Bertz CT molecular complexity index is 982. The SMILES string of the molecule is [C-]#[N+]c1ccc(Oc2ccc(N3C(=O)NC(C)(C)C3=O)cn2)c(C(C)(C)C)c1. The molecule has 7 heteroatoms. The van der Waals surface area contributed by atoms with Crippen LogP contribution in [-0.2, 0) is 10.2 Å². The fourth-order valence-electron chi connectivity index (χ4n) is 2.92. The third-order valence-electron chi connectivity index (χ3n) is 4.45. The minimum Gasteiger partial charge on any atom is -0.439 e. The molecule has 144 valence electrons. The van der Waals surface area contributed by atoms with Crippen LogP contribution in [-0.4, -0.2) is 22.5 Å². The zero-order valence-corrected chi connectivity index (χ0v) is 16.5. The highest BCUT2D eigenvalue weighted by atomic mass is 16.5. The molecule has 1 fully saturated rings. The fourth-order valence-corrected chi connectivity index (χ4v) is 2.92. The van der Waals surface area contributed by atoms with E-state index in [9.17, 15) is 9.59 Å². The molecule has 0 atom stereocenters. The van der Waals surface area contributed by atoms with Crippen molar-refractivity contribution < 1.29 is 14.3 Å². The number of imide groups is 1. The molecule has 7 nitrogen and oxygen atoms in total. The van der Waals surface area contributed by atoms with Crippen molar-refractivity contribution in [3.05, 3.63) is 53.5 Å². The van der Waals surface area contributed by atoms with E-state index in [-0.39, 0.29) is 11.3 Å². The van der Waals surface area contributed by atoms with Crippen LogP contribution in [0, 0.1) is 6.57 Å². The molecule has 0 unspecified atom stereocenters. The summed E-state index contributed by atoms with van der Waals surface area (Å²) in [4.78, 5) is 33.3. The lowest BCUT2D eigenvalue weighted by molar-refractivity contribution is -0.121. The molecule has 0 bridgehead atoms. The summed E-state index contributed by atoms with van der Waals surface area (Å²) in [5.41, 5.74) is 0.643. The van der Waals surface area contributed by atoms with Crippen LogP contribution in [0.4, 0.5) is 16.2 Å². The molecule has 1 saturated heterocycles. The molecule has 0 saturated carbocycles. The van der Waals surface area contributed by atoms with Crippen molar-refractivity contribution in [3.8, 4) is 11.6 Å². The molecule has 0 aliphatic carbocycles. The molecular formula is C21H22N4O3. The van der Waals surface area contributed by atoms with E-state index in [0.717, 1.165) is 10.5 Å². The Labute approximate surface area is 164 Å². The Balaban J connectivity index is 1.88. The first-order valence-corrected chi connectivity index (χ1v) is 8.85. The summed E-state index contributed by atoms with van der Waals surface area (Å²) in [6.07, 6.45) is 1.43. The first-order valence-electron chi connectivity index (χ1n) is 8.85. The Morgan fingerprint density at radius 3 is 2.39 bits per heavy atom. The summed E-state index contributed by atoms with van der Waals surface area (Å²) in [7, 11) is 0. The van der Waals surface area contributed by atoms with Crippen LogP contribution in [0.25, 0.3) is 4.85 Å². The van der Waals surface area contributed by atoms with Crippen molar-refractivity contribution in [2.75, 3.05) is 4.90 Å². The van der Waals surface area contributed by atoms with Gasteiger partial charge in [0.1, 0.15) is 11.3 Å². The van der Waals surface area contributed by atoms with Crippen LogP contribution >= 0.6 is 0 Å². The molecule has 1 aromatic carbocycles. The number of hydrogen-bond acceptors (Lipinski definition) is 4. The second-order valence-electron chi connectivity index (χ2n) is 8.19. The molecule has 2 aromatic rings. The molecular weight excluding hydrogens is 356 g/mol. The minimum absolute atomic E-state index is 0.221. The molecule has 0 spiro atoms. The average Bonchev–Trinajstić information content (AvgIpc) is 2.82. The Morgan fingerprint density at radius 1 is 1.18 bits per heavy atom. The smallest absolute Gasteiger partial charge is 0.329 e. The van der Waals surface area contributed by atoms with Crippen LogP contribution in [0.1, 0.15) is 40.2 Å². The largest absolute Gasteiger partial charge is 0.439 e. The monoisotopic (exact) mass is 378 g/mol. The number of hydrogen-bond donors (Lipinski definition) is 1. The summed E-state index contributed by atoms with van der Waals surface area (Å²) in [5, 5.41) is 2.64. The topological polar surface area (TPSA) is 75.9 Å². The minimum atomic E-state index is -0.946. The number of pyridine rings is 1. The van der Waals surface area contributed by atoms with Crippen LogP contribution in [0.15, 0.2) is 36.5 Å². The third kappa shape index (κ3) is 3.54. The molecule has 3 amide bonds. The summed E-state index contributed by atoms with van der Waals surface area (Å²) < 4.78 is 5.93. The highest BCUT2D eigenvalue weighted by Crippen LogP contribution is 2.36. The third-order valence-corrected chi connectivity index (χ3v) is 4.45. The Kier molecular flexibility index (Phi) is 4.59. The lowest BCUT2D eigenvalue weighted by Gasteiger charge is -2.23. The summed E-state index contributed by atoms with van der Waals surface area (Å²) in [6, 6.07) is 8.01. The molecule has 28 heavy (non-hydrogen) atoms. The van der Waals surface area contributed by atoms with Crippen molar-refractivity contribution in [3.63, 3.8) is 0 Å². The van der Waals surface area contributed by atoms with Gasteiger partial charge in [-0.25, -0.2) is 19.5 Å². The number of carbonyl (C=O) groups excluding carboxylic acids is 2. The number of carbonyl (C=O) groups is 2. The predicted molar refractivity (Wildman–Crippen MR) is 106 cm³/mol. The van der Waals surface area contributed by atoms with E-state index < -0.39 is 11.6 Å². The highest BCUT2D eigenvalue weighted by molar-refractivity contribution is 6.22. The van der Waals surface area contributed by atoms with E-state index in [0.29, 0.717) is 23.0 Å². The van der Waals surface area contributed by atoms with Crippen molar-refractivity contribution in [1.82, 2.24) is 10.3 Å². The standard InChI is InChI=1S/C21H22N4O3/c1-20(2,3)15-11-13(22-6)7-9-16(15)28-17-10-8-14(12-23-17)25-18(26)21(4,5)24-19(25)27/h7-12H,1-5H3,(H,24,27). The van der Waals surface area contributed by atoms with Gasteiger partial charge in [0, 0.05) is 6.07 Å². The Morgan fingerprint density at radius 2 is 1.89 bits per heavy atom. The van der Waals surface area contributed by atoms with Gasteiger partial charge in [0.2, 0.25) is 5.88 Å². The normalized spacial score (nSPS) is 15.9. The highest BCUT2D eigenvalue weighted by Gasteiger charge is 2.45. The number of nitrogens with one attached hydrogen (secondary N) is 1. The van der Waals surface area contributed by atoms with Gasteiger partial charge in [-0.05, 0) is 43.0 Å². The van der Waals surface area contributed by atoms with Gasteiger partial charge in [-0.3, -0.25) is 4.79 Å². The maximum Gasteiger partial charge on any atom is 0.329 e. The molecule has 1 N–H and O–H groups in total. The molecule has 1 aliphatic rings. The first-order chi connectivity index (χ1) is 13.0. The maximum atomic E-state index is 12.4. The number of anilines is 1. The maximum absolute atomic E-state index is 12.4. The number of aromatic nitrogens is 1. The van der Waals surface area contributed by atoms with Gasteiger partial charge in [-0.2, -0.15) is 0 Å². The van der Waals surface area contributed by atoms with E-state index in [1.165, 1.54) is 6.20 Å². The lowest BCUT2D eigenvalue weighted by Crippen LogP contribution is -2.40. The van der Waals surface area contributed by atoms with Gasteiger partial charge >= 0.3 is 6.03 Å². The summed E-state index contributed by atoms with van der Waals surface area (Å²) >= 11 is 0. The molecule has 1 aromatic heterocycles. The second kappa shape index (κ2) is 6.64. The van der Waals surface area contributed by atoms with E-state index in [1.807, 2.05) is 26.8 Å². The van der Waals surface area contributed by atoms with Crippen molar-refractivity contribution in [2.24, 2.45) is 0 Å². The van der Waals surface area contributed by atoms with Crippen LogP contribution < -0.4 is 15.0 Å². The van der Waals surface area contributed by atoms with Gasteiger partial charge in [-0.15, -0.1) is 0 Å². The molecule has 1 aliphatic heterocycles. The fraction of sp³-hybridized carbons (Fsp3) is 0.333. The van der Waals surface area contributed by atoms with Crippen LogP contribution in [0.3, 0.4) is 0 Å². The van der Waals surface area contributed by atoms with Crippen molar-refractivity contribution in [2.45, 2.75) is 45.6 Å². The number of rotatable bonds is 3. The number of benzene rings is 1. The lowest BCUT2D eigenvalue weighted by atomic mass is 9.86. The van der Waals surface area contributed by atoms with Gasteiger partial charge in [0.25, 0.3) is 5.91 Å². The second-order valence-corrected chi connectivity index (χ2v) is 8.19. The van der Waals surface area contributed by atoms with Crippen LogP contribution in [0.2, 0.25) is 0 Å². The molecule has 2 heterocycles. The zero-order valence-electron chi connectivity index (χ0n) is 16.5. The van der Waals surface area contributed by atoms with E-state index in [2.05, 4.69) is 15.1 Å². The average molecular weight is 378 g/mol. The number of ether oxygens (including phenoxy) is 1. The quantitative estimate of drug-likeness (QED) is 0.628. The van der Waals surface area contributed by atoms with Crippen molar-refractivity contribution >= 4 is 23.3 Å². The molecule has 0 radical (unpaired) electrons. The van der Waals surface area contributed by atoms with Gasteiger partial charge in [-0.1, -0.05) is 26.8 Å². The number of nitrogens with zero attached hydrogens (tertiary/aromatic N) is 3. The van der Waals surface area contributed by atoms with E-state index in [1.54, 1.807) is 38.1 Å². The van der Waals surface area contributed by atoms with Crippen molar-refractivity contribution in [1.29, 1.82) is 0 Å². The van der Waals surface area contributed by atoms with E-state index in [4.69, 9.17) is 11.3 Å². The van der Waals surface area contributed by atoms with Crippen LogP contribution in [0.5, 0.6) is 11.6 Å². The molecule has 3 rings (SSSR count).